The topological polar surface area (TPSA) is 36.0 Å². The molecule has 0 bridgehead atoms. The molecule has 0 spiro atoms. The molecule has 5 heteroatoms. The van der Waals surface area contributed by atoms with Gasteiger partial charge in [0.2, 0.25) is 5.91 Å². The van der Waals surface area contributed by atoms with Crippen molar-refractivity contribution in [3.05, 3.63) is 60.2 Å². The monoisotopic (exact) mass is 365 g/mol. The van der Waals surface area contributed by atoms with Crippen LogP contribution in [-0.2, 0) is 16.0 Å². The number of hydrogen-bond donors (Lipinski definition) is 0. The Kier molecular flexibility index (Phi) is 5.58. The summed E-state index contributed by atoms with van der Waals surface area (Å²) in [7, 11) is 0. The van der Waals surface area contributed by atoms with Crippen LogP contribution in [0.4, 0.5) is 11.4 Å². The van der Waals surface area contributed by atoms with Crippen LogP contribution in [0.25, 0.3) is 0 Å². The molecule has 0 aromatic heterocycles. The molecule has 2 saturated heterocycles. The molecule has 0 saturated carbocycles. The molecule has 5 nitrogen and oxygen atoms in total. The molecule has 2 aromatic carbocycles. The summed E-state index contributed by atoms with van der Waals surface area (Å²) in [5, 5.41) is 0. The fraction of sp³-hybridized carbons (Fsp3) is 0.409. The predicted molar refractivity (Wildman–Crippen MR) is 108 cm³/mol. The summed E-state index contributed by atoms with van der Waals surface area (Å²) in [4.78, 5) is 19.4. The van der Waals surface area contributed by atoms with Crippen LogP contribution in [0.15, 0.2) is 54.6 Å². The zero-order valence-electron chi connectivity index (χ0n) is 15.7. The highest BCUT2D eigenvalue weighted by molar-refractivity contribution is 5.79. The Morgan fingerprint density at radius 1 is 0.741 bits per heavy atom. The molecule has 0 N–H and O–H groups in total. The Morgan fingerprint density at radius 2 is 1.30 bits per heavy atom. The Labute approximate surface area is 161 Å². The van der Waals surface area contributed by atoms with E-state index in [1.165, 1.54) is 11.4 Å². The fourth-order valence-electron chi connectivity index (χ4n) is 3.88. The van der Waals surface area contributed by atoms with E-state index in [4.69, 9.17) is 4.74 Å². The minimum atomic E-state index is 0.224. The van der Waals surface area contributed by atoms with Crippen LogP contribution in [0, 0.1) is 0 Å². The van der Waals surface area contributed by atoms with Gasteiger partial charge in [0, 0.05) is 39.3 Å². The highest BCUT2D eigenvalue weighted by Gasteiger charge is 2.24. The lowest BCUT2D eigenvalue weighted by molar-refractivity contribution is -0.130. The molecular weight excluding hydrogens is 338 g/mol. The van der Waals surface area contributed by atoms with Crippen molar-refractivity contribution in [1.82, 2.24) is 4.90 Å². The number of hydrogen-bond acceptors (Lipinski definition) is 4. The van der Waals surface area contributed by atoms with Gasteiger partial charge < -0.3 is 19.4 Å². The van der Waals surface area contributed by atoms with E-state index in [0.29, 0.717) is 6.42 Å². The van der Waals surface area contributed by atoms with Crippen LogP contribution in [0.2, 0.25) is 0 Å². The summed E-state index contributed by atoms with van der Waals surface area (Å²) >= 11 is 0. The number of piperazine rings is 1. The van der Waals surface area contributed by atoms with Crippen LogP contribution >= 0.6 is 0 Å². The largest absolute Gasteiger partial charge is 0.378 e. The number of amides is 1. The average Bonchev–Trinajstić information content (AvgIpc) is 2.75. The van der Waals surface area contributed by atoms with Gasteiger partial charge in [-0.1, -0.05) is 42.5 Å². The maximum Gasteiger partial charge on any atom is 0.227 e. The average molecular weight is 365 g/mol. The van der Waals surface area contributed by atoms with Crippen LogP contribution in [0.3, 0.4) is 0 Å². The van der Waals surface area contributed by atoms with Gasteiger partial charge in [0.05, 0.1) is 31.0 Å². The lowest BCUT2D eigenvalue weighted by atomic mass is 10.1. The van der Waals surface area contributed by atoms with E-state index in [1.54, 1.807) is 0 Å². The summed E-state index contributed by atoms with van der Waals surface area (Å²) in [6.45, 7) is 6.77. The molecule has 0 unspecified atom stereocenters. The second-order valence-corrected chi connectivity index (χ2v) is 7.12. The molecule has 2 aromatic rings. The first-order chi connectivity index (χ1) is 13.3. The molecule has 4 rings (SSSR count). The molecule has 27 heavy (non-hydrogen) atoms. The van der Waals surface area contributed by atoms with E-state index in [2.05, 4.69) is 34.1 Å². The molecule has 142 valence electrons. The number of nitrogens with zero attached hydrogens (tertiary/aromatic N) is 3. The highest BCUT2D eigenvalue weighted by Crippen LogP contribution is 2.30. The third kappa shape index (κ3) is 4.25. The third-order valence-corrected chi connectivity index (χ3v) is 5.40. The molecule has 2 fully saturated rings. The molecule has 2 aliphatic heterocycles. The SMILES string of the molecule is O=C(Cc1ccccc1)N1CCN(c2ccccc2N2CCOCC2)CC1. The quantitative estimate of drug-likeness (QED) is 0.834. The number of anilines is 2. The molecule has 1 amide bonds. The van der Waals surface area contributed by atoms with Crippen LogP contribution in [0.1, 0.15) is 5.56 Å². The number of carbonyl (C=O) groups excluding carboxylic acids is 1. The Morgan fingerprint density at radius 3 is 1.93 bits per heavy atom. The molecule has 0 atom stereocenters. The van der Waals surface area contributed by atoms with Crippen molar-refractivity contribution >= 4 is 17.3 Å². The molecule has 0 aliphatic carbocycles. The van der Waals surface area contributed by atoms with Crippen molar-refractivity contribution in [2.75, 3.05) is 62.3 Å². The smallest absolute Gasteiger partial charge is 0.227 e. The van der Waals surface area contributed by atoms with Crippen molar-refractivity contribution in [1.29, 1.82) is 0 Å². The van der Waals surface area contributed by atoms with Crippen molar-refractivity contribution in [3.63, 3.8) is 0 Å². The summed E-state index contributed by atoms with van der Waals surface area (Å²) < 4.78 is 5.50. The van der Waals surface area contributed by atoms with E-state index >= 15 is 0 Å². The van der Waals surface area contributed by atoms with Crippen LogP contribution in [-0.4, -0.2) is 63.3 Å². The van der Waals surface area contributed by atoms with Gasteiger partial charge in [-0.15, -0.1) is 0 Å². The second-order valence-electron chi connectivity index (χ2n) is 7.12. The minimum Gasteiger partial charge on any atom is -0.378 e. The summed E-state index contributed by atoms with van der Waals surface area (Å²) in [5.74, 6) is 0.224. The minimum absolute atomic E-state index is 0.224. The van der Waals surface area contributed by atoms with Crippen LogP contribution < -0.4 is 9.80 Å². The van der Waals surface area contributed by atoms with Gasteiger partial charge in [-0.2, -0.15) is 0 Å². The van der Waals surface area contributed by atoms with Gasteiger partial charge in [-0.25, -0.2) is 0 Å². The van der Waals surface area contributed by atoms with Gasteiger partial charge in [-0.05, 0) is 17.7 Å². The zero-order valence-corrected chi connectivity index (χ0v) is 15.7. The summed E-state index contributed by atoms with van der Waals surface area (Å²) in [5.41, 5.74) is 3.64. The maximum absolute atomic E-state index is 12.6. The molecular formula is C22H27N3O2. The number of benzene rings is 2. The van der Waals surface area contributed by atoms with Gasteiger partial charge in [0.15, 0.2) is 0 Å². The molecule has 0 radical (unpaired) electrons. The van der Waals surface area contributed by atoms with Gasteiger partial charge >= 0.3 is 0 Å². The summed E-state index contributed by atoms with van der Waals surface area (Å²) in [6, 6.07) is 18.6. The Bertz CT molecular complexity index is 751. The molecule has 2 aliphatic rings. The van der Waals surface area contributed by atoms with Gasteiger partial charge in [0.1, 0.15) is 0 Å². The third-order valence-electron chi connectivity index (χ3n) is 5.40. The first-order valence-electron chi connectivity index (χ1n) is 9.79. The van der Waals surface area contributed by atoms with Gasteiger partial charge in [-0.3, -0.25) is 4.79 Å². The van der Waals surface area contributed by atoms with Crippen molar-refractivity contribution < 1.29 is 9.53 Å². The lowest BCUT2D eigenvalue weighted by Gasteiger charge is -2.39. The number of para-hydroxylation sites is 2. The number of carbonyl (C=O) groups is 1. The van der Waals surface area contributed by atoms with E-state index in [0.717, 1.165) is 58.0 Å². The Balaban J connectivity index is 1.39. The Hall–Kier alpha value is -2.53. The summed E-state index contributed by atoms with van der Waals surface area (Å²) in [6.07, 6.45) is 0.491. The maximum atomic E-state index is 12.6. The predicted octanol–water partition coefficient (Wildman–Crippen LogP) is 2.41. The first-order valence-corrected chi connectivity index (χ1v) is 9.79. The van der Waals surface area contributed by atoms with Crippen molar-refractivity contribution in [2.45, 2.75) is 6.42 Å². The van der Waals surface area contributed by atoms with E-state index in [-0.39, 0.29) is 5.91 Å². The van der Waals surface area contributed by atoms with E-state index < -0.39 is 0 Å². The first kappa shape index (κ1) is 17.9. The van der Waals surface area contributed by atoms with Crippen molar-refractivity contribution in [3.8, 4) is 0 Å². The normalized spacial score (nSPS) is 17.9. The number of ether oxygens (including phenoxy) is 1. The van der Waals surface area contributed by atoms with Crippen molar-refractivity contribution in [2.24, 2.45) is 0 Å². The van der Waals surface area contributed by atoms with E-state index in [1.807, 2.05) is 35.2 Å². The lowest BCUT2D eigenvalue weighted by Crippen LogP contribution is -2.49. The zero-order chi connectivity index (χ0) is 18.5. The molecule has 2 heterocycles. The fourth-order valence-corrected chi connectivity index (χ4v) is 3.88. The van der Waals surface area contributed by atoms with Gasteiger partial charge in [0.25, 0.3) is 0 Å². The number of morpholine rings is 1. The standard InChI is InChI=1S/C22H27N3O2/c26-22(18-19-6-2-1-3-7-19)25-12-10-23(11-13-25)20-8-4-5-9-21(20)24-14-16-27-17-15-24/h1-9H,10-18H2. The highest BCUT2D eigenvalue weighted by atomic mass is 16.5. The second kappa shape index (κ2) is 8.44. The van der Waals surface area contributed by atoms with E-state index in [9.17, 15) is 4.79 Å². The van der Waals surface area contributed by atoms with Crippen LogP contribution in [0.5, 0.6) is 0 Å². The number of rotatable bonds is 4.